The van der Waals surface area contributed by atoms with Crippen LogP contribution in [0.1, 0.15) is 5.56 Å². The highest BCUT2D eigenvalue weighted by molar-refractivity contribution is 5.92. The number of anilines is 1. The summed E-state index contributed by atoms with van der Waals surface area (Å²) in [4.78, 5) is 24.7. The smallest absolute Gasteiger partial charge is 0.409 e. The molecular formula is C15H24N4O3. The van der Waals surface area contributed by atoms with E-state index >= 15 is 0 Å². The van der Waals surface area contributed by atoms with Gasteiger partial charge in [0.25, 0.3) is 0 Å². The summed E-state index contributed by atoms with van der Waals surface area (Å²) < 4.78 is 5.21. The number of hydrogen-bond acceptors (Lipinski definition) is 5. The Bertz CT molecular complexity index is 476. The van der Waals surface area contributed by atoms with Gasteiger partial charge >= 0.3 is 6.09 Å². The summed E-state index contributed by atoms with van der Waals surface area (Å²) in [6.45, 7) is 1.77. The van der Waals surface area contributed by atoms with Crippen molar-refractivity contribution in [3.63, 3.8) is 0 Å². The molecule has 0 unspecified atom stereocenters. The molecule has 1 aromatic carbocycles. The molecule has 0 saturated heterocycles. The minimum Gasteiger partial charge on any atom is -0.445 e. The standard InChI is InChI=1S/C15H24N4O3/c1-16-8-9-19(3)15(21)22-11-12-4-6-13(7-5-12)18-14(20)10-17-2/h4-7,16-17H,8-11H2,1-3H3,(H,18,20). The molecule has 0 aliphatic rings. The van der Waals surface area contributed by atoms with Crippen LogP contribution >= 0.6 is 0 Å². The molecule has 22 heavy (non-hydrogen) atoms. The van der Waals surface area contributed by atoms with Gasteiger partial charge in [-0.05, 0) is 31.8 Å². The van der Waals surface area contributed by atoms with Crippen LogP contribution in [0.3, 0.4) is 0 Å². The molecule has 1 aromatic rings. The van der Waals surface area contributed by atoms with Crippen molar-refractivity contribution in [2.75, 3.05) is 46.1 Å². The molecule has 3 N–H and O–H groups in total. The van der Waals surface area contributed by atoms with E-state index < -0.39 is 0 Å². The number of rotatable bonds is 8. The molecule has 0 bridgehead atoms. The molecular weight excluding hydrogens is 284 g/mol. The summed E-state index contributed by atoms with van der Waals surface area (Å²) >= 11 is 0. The number of ether oxygens (including phenoxy) is 1. The minimum atomic E-state index is -0.360. The van der Waals surface area contributed by atoms with Crippen LogP contribution in [0.2, 0.25) is 0 Å². The molecule has 0 atom stereocenters. The molecule has 122 valence electrons. The lowest BCUT2D eigenvalue weighted by Crippen LogP contribution is -2.33. The van der Waals surface area contributed by atoms with Crippen LogP contribution in [0.5, 0.6) is 0 Å². The van der Waals surface area contributed by atoms with Crippen molar-refractivity contribution in [3.8, 4) is 0 Å². The van der Waals surface area contributed by atoms with Gasteiger partial charge in [0.1, 0.15) is 6.61 Å². The first-order valence-corrected chi connectivity index (χ1v) is 7.12. The summed E-state index contributed by atoms with van der Waals surface area (Å²) in [5.41, 5.74) is 1.57. The van der Waals surface area contributed by atoms with Crippen molar-refractivity contribution < 1.29 is 14.3 Å². The third-order valence-electron chi connectivity index (χ3n) is 2.95. The fraction of sp³-hybridized carbons (Fsp3) is 0.467. The third-order valence-corrected chi connectivity index (χ3v) is 2.95. The summed E-state index contributed by atoms with van der Waals surface area (Å²) in [5.74, 6) is -0.104. The number of nitrogens with zero attached hydrogens (tertiary/aromatic N) is 1. The maximum atomic E-state index is 11.7. The van der Waals surface area contributed by atoms with E-state index in [0.29, 0.717) is 18.8 Å². The molecule has 0 aromatic heterocycles. The molecule has 0 saturated carbocycles. The van der Waals surface area contributed by atoms with Gasteiger partial charge in [0.15, 0.2) is 0 Å². The molecule has 0 spiro atoms. The lowest BCUT2D eigenvalue weighted by molar-refractivity contribution is -0.115. The number of nitrogens with one attached hydrogen (secondary N) is 3. The number of benzene rings is 1. The number of carbonyl (C=O) groups excluding carboxylic acids is 2. The Morgan fingerprint density at radius 2 is 1.82 bits per heavy atom. The Labute approximate surface area is 131 Å². The van der Waals surface area contributed by atoms with E-state index in [2.05, 4.69) is 16.0 Å². The largest absolute Gasteiger partial charge is 0.445 e. The first-order chi connectivity index (χ1) is 10.6. The van der Waals surface area contributed by atoms with Crippen LogP contribution in [0.15, 0.2) is 24.3 Å². The van der Waals surface area contributed by atoms with Gasteiger partial charge in [0, 0.05) is 25.8 Å². The van der Waals surface area contributed by atoms with Gasteiger partial charge in [-0.2, -0.15) is 0 Å². The van der Waals surface area contributed by atoms with Crippen LogP contribution < -0.4 is 16.0 Å². The van der Waals surface area contributed by atoms with Crippen molar-refractivity contribution in [1.29, 1.82) is 0 Å². The zero-order valence-electron chi connectivity index (χ0n) is 13.3. The molecule has 7 heteroatoms. The Balaban J connectivity index is 2.41. The monoisotopic (exact) mass is 308 g/mol. The first-order valence-electron chi connectivity index (χ1n) is 7.12. The molecule has 1 rings (SSSR count). The minimum absolute atomic E-state index is 0.104. The van der Waals surface area contributed by atoms with E-state index in [0.717, 1.165) is 5.56 Å². The van der Waals surface area contributed by atoms with Gasteiger partial charge in [-0.3, -0.25) is 4.79 Å². The molecule has 0 fully saturated rings. The van der Waals surface area contributed by atoms with Crippen molar-refractivity contribution >= 4 is 17.7 Å². The molecule has 7 nitrogen and oxygen atoms in total. The second-order valence-electron chi connectivity index (χ2n) is 4.86. The number of likely N-dealkylation sites (N-methyl/N-ethyl adjacent to an activating group) is 3. The number of hydrogen-bond donors (Lipinski definition) is 3. The van der Waals surface area contributed by atoms with E-state index in [1.807, 2.05) is 19.2 Å². The van der Waals surface area contributed by atoms with Gasteiger partial charge in [-0.25, -0.2) is 4.79 Å². The van der Waals surface area contributed by atoms with Gasteiger partial charge in [-0.1, -0.05) is 12.1 Å². The lowest BCUT2D eigenvalue weighted by atomic mass is 10.2. The Morgan fingerprint density at radius 1 is 1.14 bits per heavy atom. The quantitative estimate of drug-likeness (QED) is 0.656. The summed E-state index contributed by atoms with van der Waals surface area (Å²) in [6.07, 6.45) is -0.360. The predicted molar refractivity (Wildman–Crippen MR) is 85.7 cm³/mol. The Hall–Kier alpha value is -2.12. The zero-order valence-corrected chi connectivity index (χ0v) is 13.3. The third kappa shape index (κ3) is 6.55. The van der Waals surface area contributed by atoms with E-state index in [9.17, 15) is 9.59 Å². The van der Waals surface area contributed by atoms with E-state index in [-0.39, 0.29) is 25.2 Å². The lowest BCUT2D eigenvalue weighted by Gasteiger charge is -2.16. The van der Waals surface area contributed by atoms with Crippen molar-refractivity contribution in [2.24, 2.45) is 0 Å². The summed E-state index contributed by atoms with van der Waals surface area (Å²) in [6, 6.07) is 7.19. The van der Waals surface area contributed by atoms with Gasteiger partial charge in [0.05, 0.1) is 6.54 Å². The normalized spacial score (nSPS) is 10.1. The van der Waals surface area contributed by atoms with Crippen molar-refractivity contribution in [1.82, 2.24) is 15.5 Å². The van der Waals surface area contributed by atoms with Crippen LogP contribution in [0.25, 0.3) is 0 Å². The predicted octanol–water partition coefficient (Wildman–Crippen LogP) is 0.632. The van der Waals surface area contributed by atoms with E-state index in [4.69, 9.17) is 4.74 Å². The number of carbonyl (C=O) groups is 2. The topological polar surface area (TPSA) is 82.7 Å². The second kappa shape index (κ2) is 9.75. The van der Waals surface area contributed by atoms with Crippen molar-refractivity contribution in [3.05, 3.63) is 29.8 Å². The summed E-state index contributed by atoms with van der Waals surface area (Å²) in [7, 11) is 5.24. The second-order valence-corrected chi connectivity index (χ2v) is 4.86. The average Bonchev–Trinajstić information content (AvgIpc) is 2.51. The fourth-order valence-corrected chi connectivity index (χ4v) is 1.68. The van der Waals surface area contributed by atoms with Crippen LogP contribution in [0, 0.1) is 0 Å². The molecule has 0 aliphatic carbocycles. The first kappa shape index (κ1) is 17.9. The van der Waals surface area contributed by atoms with E-state index in [1.54, 1.807) is 26.2 Å². The van der Waals surface area contributed by atoms with Gasteiger partial charge < -0.3 is 25.6 Å². The maximum absolute atomic E-state index is 11.7. The Morgan fingerprint density at radius 3 is 2.41 bits per heavy atom. The summed E-state index contributed by atoms with van der Waals surface area (Å²) in [5, 5.41) is 8.50. The molecule has 2 amide bonds. The van der Waals surface area contributed by atoms with Gasteiger partial charge in [0.2, 0.25) is 5.91 Å². The zero-order chi connectivity index (χ0) is 16.4. The molecule has 0 heterocycles. The maximum Gasteiger partial charge on any atom is 0.409 e. The van der Waals surface area contributed by atoms with Gasteiger partial charge in [-0.15, -0.1) is 0 Å². The van der Waals surface area contributed by atoms with Crippen LogP contribution in [-0.2, 0) is 16.1 Å². The average molecular weight is 308 g/mol. The fourth-order valence-electron chi connectivity index (χ4n) is 1.68. The Kier molecular flexibility index (Phi) is 7.95. The van der Waals surface area contributed by atoms with Crippen molar-refractivity contribution in [2.45, 2.75) is 6.61 Å². The number of amides is 2. The molecule has 0 radical (unpaired) electrons. The van der Waals surface area contributed by atoms with E-state index in [1.165, 1.54) is 4.90 Å². The highest BCUT2D eigenvalue weighted by Gasteiger charge is 2.09. The molecule has 0 aliphatic heterocycles. The highest BCUT2D eigenvalue weighted by Crippen LogP contribution is 2.10. The van der Waals surface area contributed by atoms with Crippen LogP contribution in [0.4, 0.5) is 10.5 Å². The highest BCUT2D eigenvalue weighted by atomic mass is 16.6. The SMILES string of the molecule is CNCCN(C)C(=O)OCc1ccc(NC(=O)CNC)cc1. The van der Waals surface area contributed by atoms with Crippen LogP contribution in [-0.4, -0.2) is 57.7 Å².